The maximum atomic E-state index is 12.2. The van der Waals surface area contributed by atoms with Crippen LogP contribution in [0.4, 0.5) is 11.4 Å². The Labute approximate surface area is 120 Å². The zero-order valence-electron chi connectivity index (χ0n) is 9.76. The predicted molar refractivity (Wildman–Crippen MR) is 74.9 cm³/mol. The van der Waals surface area contributed by atoms with E-state index in [1.54, 1.807) is 0 Å². The van der Waals surface area contributed by atoms with Gasteiger partial charge in [-0.05, 0) is 18.2 Å². The van der Waals surface area contributed by atoms with Gasteiger partial charge in [-0.1, -0.05) is 23.2 Å². The van der Waals surface area contributed by atoms with Gasteiger partial charge in [0.1, 0.15) is 0 Å². The number of nitrogens with two attached hydrogens (primary N) is 1. The first kappa shape index (κ1) is 14.0. The summed E-state index contributed by atoms with van der Waals surface area (Å²) in [4.78, 5) is 0. The molecule has 1 heterocycles. The lowest BCUT2D eigenvalue weighted by molar-refractivity contribution is 0.582. The van der Waals surface area contributed by atoms with Crippen LogP contribution < -0.4 is 10.5 Å². The lowest BCUT2D eigenvalue weighted by atomic mass is 10.3. The molecule has 2 aromatic rings. The number of sulfonamides is 1. The minimum absolute atomic E-state index is 0.0301. The van der Waals surface area contributed by atoms with Gasteiger partial charge in [-0.2, -0.15) is 13.5 Å². The molecular weight excluding hydrogens is 311 g/mol. The van der Waals surface area contributed by atoms with Gasteiger partial charge in [-0.3, -0.25) is 9.40 Å². The van der Waals surface area contributed by atoms with Crippen LogP contribution in [-0.4, -0.2) is 18.2 Å². The van der Waals surface area contributed by atoms with E-state index in [0.717, 1.165) is 4.68 Å². The van der Waals surface area contributed by atoms with E-state index < -0.39 is 10.0 Å². The van der Waals surface area contributed by atoms with Gasteiger partial charge in [0.2, 0.25) is 0 Å². The van der Waals surface area contributed by atoms with Crippen LogP contribution in [0.2, 0.25) is 10.0 Å². The number of nitrogen functional groups attached to an aromatic ring is 1. The van der Waals surface area contributed by atoms with Crippen LogP contribution in [0.3, 0.4) is 0 Å². The van der Waals surface area contributed by atoms with Crippen molar-refractivity contribution in [2.75, 3.05) is 10.5 Å². The Morgan fingerprint density at radius 2 is 2.05 bits per heavy atom. The second kappa shape index (κ2) is 4.92. The van der Waals surface area contributed by atoms with Crippen molar-refractivity contribution in [3.8, 4) is 0 Å². The molecule has 1 aromatic heterocycles. The van der Waals surface area contributed by atoms with Crippen molar-refractivity contribution in [2.45, 2.75) is 5.03 Å². The van der Waals surface area contributed by atoms with Crippen molar-refractivity contribution in [3.05, 3.63) is 34.4 Å². The lowest BCUT2D eigenvalue weighted by Gasteiger charge is -2.10. The first-order chi connectivity index (χ1) is 8.81. The van der Waals surface area contributed by atoms with Crippen LogP contribution >= 0.6 is 23.2 Å². The fourth-order valence-corrected chi connectivity index (χ4v) is 3.45. The molecule has 1 aromatic carbocycles. The first-order valence-corrected chi connectivity index (χ1v) is 7.30. The highest BCUT2D eigenvalue weighted by Crippen LogP contribution is 2.27. The zero-order chi connectivity index (χ0) is 14.2. The second-order valence-electron chi connectivity index (χ2n) is 3.76. The van der Waals surface area contributed by atoms with Crippen LogP contribution in [0.5, 0.6) is 0 Å². The van der Waals surface area contributed by atoms with Crippen LogP contribution in [0.15, 0.2) is 29.4 Å². The maximum Gasteiger partial charge on any atom is 0.280 e. The van der Waals surface area contributed by atoms with Gasteiger partial charge in [-0.25, -0.2) is 0 Å². The molecule has 0 aliphatic heterocycles. The molecule has 102 valence electrons. The Balaban J connectivity index is 2.42. The molecule has 3 N–H and O–H groups in total. The second-order valence-corrected chi connectivity index (χ2v) is 6.20. The van der Waals surface area contributed by atoms with Crippen LogP contribution in [-0.2, 0) is 17.1 Å². The normalized spacial score (nSPS) is 11.5. The summed E-state index contributed by atoms with van der Waals surface area (Å²) in [6.45, 7) is 0. The number of halogens is 2. The monoisotopic (exact) mass is 320 g/mol. The number of hydrogen-bond donors (Lipinski definition) is 2. The van der Waals surface area contributed by atoms with Gasteiger partial charge >= 0.3 is 0 Å². The highest BCUT2D eigenvalue weighted by atomic mass is 35.5. The molecule has 19 heavy (non-hydrogen) atoms. The molecule has 0 radical (unpaired) electrons. The van der Waals surface area contributed by atoms with E-state index in [9.17, 15) is 8.42 Å². The SMILES string of the molecule is Cn1ncc(Cl)c1S(=O)(=O)Nc1ccc(Cl)cc1N. The lowest BCUT2D eigenvalue weighted by Crippen LogP contribution is -2.17. The van der Waals surface area contributed by atoms with Gasteiger partial charge in [0.05, 0.1) is 22.6 Å². The van der Waals surface area contributed by atoms with Crippen molar-refractivity contribution in [1.82, 2.24) is 9.78 Å². The molecule has 9 heteroatoms. The molecule has 0 saturated heterocycles. The molecule has 0 spiro atoms. The minimum atomic E-state index is -3.87. The number of rotatable bonds is 3. The Kier molecular flexibility index (Phi) is 3.62. The van der Waals surface area contributed by atoms with E-state index in [1.807, 2.05) is 0 Å². The molecule has 0 unspecified atom stereocenters. The summed E-state index contributed by atoms with van der Waals surface area (Å²) in [5.41, 5.74) is 6.13. The average Bonchev–Trinajstić information content (AvgIpc) is 2.63. The fraction of sp³-hybridized carbons (Fsp3) is 0.100. The summed E-state index contributed by atoms with van der Waals surface area (Å²) < 4.78 is 27.9. The standard InChI is InChI=1S/C10H10Cl2N4O2S/c1-16-10(7(12)5-14-16)19(17,18)15-9-3-2-6(11)4-8(9)13/h2-5,15H,13H2,1H3. The van der Waals surface area contributed by atoms with Crippen molar-refractivity contribution < 1.29 is 8.42 Å². The van der Waals surface area contributed by atoms with Crippen molar-refractivity contribution in [2.24, 2.45) is 7.05 Å². The summed E-state index contributed by atoms with van der Waals surface area (Å²) >= 11 is 11.6. The molecule has 0 saturated carbocycles. The average molecular weight is 321 g/mol. The number of benzene rings is 1. The third-order valence-electron chi connectivity index (χ3n) is 2.35. The number of anilines is 2. The van der Waals surface area contributed by atoms with Crippen molar-refractivity contribution in [1.29, 1.82) is 0 Å². The molecule has 6 nitrogen and oxygen atoms in total. The smallest absolute Gasteiger partial charge is 0.280 e. The number of nitrogens with zero attached hydrogens (tertiary/aromatic N) is 2. The molecule has 0 aliphatic carbocycles. The highest BCUT2D eigenvalue weighted by Gasteiger charge is 2.23. The molecule has 0 fully saturated rings. The summed E-state index contributed by atoms with van der Waals surface area (Å²) in [7, 11) is -2.39. The maximum absolute atomic E-state index is 12.2. The molecular formula is C10H10Cl2N4O2S. The van der Waals surface area contributed by atoms with Gasteiger partial charge < -0.3 is 5.73 Å². The van der Waals surface area contributed by atoms with E-state index in [2.05, 4.69) is 9.82 Å². The van der Waals surface area contributed by atoms with E-state index in [4.69, 9.17) is 28.9 Å². The molecule has 0 amide bonds. The summed E-state index contributed by atoms with van der Waals surface area (Å²) in [5, 5.41) is 4.08. The molecule has 0 atom stereocenters. The Morgan fingerprint density at radius 1 is 1.37 bits per heavy atom. The zero-order valence-corrected chi connectivity index (χ0v) is 12.1. The van der Waals surface area contributed by atoms with E-state index in [0.29, 0.717) is 5.02 Å². The predicted octanol–water partition coefficient (Wildman–Crippen LogP) is 2.11. The Morgan fingerprint density at radius 3 is 2.58 bits per heavy atom. The summed E-state index contributed by atoms with van der Waals surface area (Å²) in [6, 6.07) is 4.45. The number of aromatic nitrogens is 2. The van der Waals surface area contributed by atoms with E-state index in [-0.39, 0.29) is 21.4 Å². The van der Waals surface area contributed by atoms with Crippen LogP contribution in [0.25, 0.3) is 0 Å². The topological polar surface area (TPSA) is 90.0 Å². The van der Waals surface area contributed by atoms with Crippen molar-refractivity contribution in [3.63, 3.8) is 0 Å². The van der Waals surface area contributed by atoms with Crippen molar-refractivity contribution >= 4 is 44.6 Å². The van der Waals surface area contributed by atoms with E-state index in [1.165, 1.54) is 31.4 Å². The number of nitrogens with one attached hydrogen (secondary N) is 1. The molecule has 2 rings (SSSR count). The molecule has 0 bridgehead atoms. The minimum Gasteiger partial charge on any atom is -0.397 e. The first-order valence-electron chi connectivity index (χ1n) is 5.06. The number of hydrogen-bond acceptors (Lipinski definition) is 4. The van der Waals surface area contributed by atoms with Gasteiger partial charge in [-0.15, -0.1) is 0 Å². The molecule has 0 aliphatic rings. The fourth-order valence-electron chi connectivity index (χ4n) is 1.52. The Bertz CT molecular complexity index is 708. The van der Waals surface area contributed by atoms with Crippen LogP contribution in [0.1, 0.15) is 0 Å². The largest absolute Gasteiger partial charge is 0.397 e. The number of aryl methyl sites for hydroxylation is 1. The highest BCUT2D eigenvalue weighted by molar-refractivity contribution is 7.92. The third-order valence-corrected chi connectivity index (χ3v) is 4.46. The van der Waals surface area contributed by atoms with Crippen LogP contribution in [0, 0.1) is 0 Å². The summed E-state index contributed by atoms with van der Waals surface area (Å²) in [6.07, 6.45) is 1.25. The van der Waals surface area contributed by atoms with Gasteiger partial charge in [0.25, 0.3) is 10.0 Å². The van der Waals surface area contributed by atoms with Gasteiger partial charge in [0, 0.05) is 12.1 Å². The Hall–Kier alpha value is -1.44. The van der Waals surface area contributed by atoms with E-state index >= 15 is 0 Å². The van der Waals surface area contributed by atoms with Gasteiger partial charge in [0.15, 0.2) is 5.03 Å². The quantitative estimate of drug-likeness (QED) is 0.847. The summed E-state index contributed by atoms with van der Waals surface area (Å²) in [5.74, 6) is 0. The third kappa shape index (κ3) is 2.78.